The van der Waals surface area contributed by atoms with Gasteiger partial charge in [-0.1, -0.05) is 27.7 Å². The zero-order valence-corrected chi connectivity index (χ0v) is 21.6. The Hall–Kier alpha value is -1.22. The Balaban J connectivity index is 1.61. The summed E-state index contributed by atoms with van der Waals surface area (Å²) in [5, 5.41) is 3.36. The van der Waals surface area contributed by atoms with Gasteiger partial charge in [-0.15, -0.1) is 0 Å². The number of hydrogen-bond donors (Lipinski definition) is 1. The number of ether oxygens (including phenoxy) is 2. The van der Waals surface area contributed by atoms with Crippen LogP contribution in [0.3, 0.4) is 0 Å². The molecule has 0 aromatic rings. The lowest BCUT2D eigenvalue weighted by Crippen LogP contribution is -2.62. The van der Waals surface area contributed by atoms with Gasteiger partial charge in [0, 0.05) is 45.6 Å². The Labute approximate surface area is 200 Å². The van der Waals surface area contributed by atoms with Gasteiger partial charge in [0.05, 0.1) is 18.8 Å². The van der Waals surface area contributed by atoms with E-state index < -0.39 is 5.79 Å². The molecule has 0 aromatic heterocycles. The lowest BCUT2D eigenvalue weighted by molar-refractivity contribution is -0.198. The molecule has 0 saturated carbocycles. The highest BCUT2D eigenvalue weighted by atomic mass is 16.7. The molecule has 8 nitrogen and oxygen atoms in total. The van der Waals surface area contributed by atoms with Crippen LogP contribution in [0.5, 0.6) is 0 Å². The second-order valence-corrected chi connectivity index (χ2v) is 11.2. The van der Waals surface area contributed by atoms with E-state index in [2.05, 4.69) is 52.0 Å². The molecule has 3 saturated heterocycles. The van der Waals surface area contributed by atoms with E-state index in [4.69, 9.17) is 9.47 Å². The molecule has 0 radical (unpaired) electrons. The lowest BCUT2D eigenvalue weighted by Gasteiger charge is -2.43. The van der Waals surface area contributed by atoms with Crippen LogP contribution in [0.4, 0.5) is 0 Å². The Kier molecular flexibility index (Phi) is 9.17. The highest BCUT2D eigenvalue weighted by Gasteiger charge is 2.46. The number of amides is 2. The van der Waals surface area contributed by atoms with Gasteiger partial charge in [-0.05, 0) is 45.2 Å². The van der Waals surface area contributed by atoms with E-state index in [0.717, 1.165) is 25.9 Å². The molecule has 2 amide bonds. The molecule has 3 atom stereocenters. The maximum absolute atomic E-state index is 13.7. The predicted octanol–water partition coefficient (Wildman–Crippen LogP) is 1.93. The summed E-state index contributed by atoms with van der Waals surface area (Å²) < 4.78 is 12.4. The van der Waals surface area contributed by atoms with Crippen molar-refractivity contribution in [3.05, 3.63) is 0 Å². The van der Waals surface area contributed by atoms with Crippen LogP contribution in [0.2, 0.25) is 0 Å². The molecule has 0 bridgehead atoms. The summed E-state index contributed by atoms with van der Waals surface area (Å²) in [6.45, 7) is 12.7. The minimum absolute atomic E-state index is 0.0774. The van der Waals surface area contributed by atoms with E-state index in [0.29, 0.717) is 57.3 Å². The summed E-state index contributed by atoms with van der Waals surface area (Å²) in [5.41, 5.74) is 0. The Morgan fingerprint density at radius 1 is 1.15 bits per heavy atom. The van der Waals surface area contributed by atoms with Crippen LogP contribution in [-0.2, 0) is 19.1 Å². The molecule has 3 heterocycles. The SMILES string of the molecule is CC(C)C[C@@H]1NCCN([C@@H](CC(C)C)C(=O)N2CCC3(CC2)OCC(CCN(C)C)O3)C1=O. The first-order chi connectivity index (χ1) is 15.6. The van der Waals surface area contributed by atoms with Gasteiger partial charge in [0.1, 0.15) is 6.04 Å². The summed E-state index contributed by atoms with van der Waals surface area (Å²) in [7, 11) is 4.13. The maximum Gasteiger partial charge on any atom is 0.245 e. The number of likely N-dealkylation sites (tertiary alicyclic amines) is 1. The van der Waals surface area contributed by atoms with E-state index >= 15 is 0 Å². The third-order valence-corrected chi connectivity index (χ3v) is 7.04. The number of hydrogen-bond acceptors (Lipinski definition) is 6. The maximum atomic E-state index is 13.7. The van der Waals surface area contributed by atoms with Gasteiger partial charge in [0.2, 0.25) is 11.8 Å². The molecule has 0 aliphatic carbocycles. The average molecular weight is 467 g/mol. The number of piperazine rings is 1. The smallest absolute Gasteiger partial charge is 0.245 e. The van der Waals surface area contributed by atoms with Crippen molar-refractivity contribution in [2.75, 3.05) is 53.4 Å². The molecule has 3 aliphatic heterocycles. The van der Waals surface area contributed by atoms with E-state index in [1.807, 2.05) is 9.80 Å². The minimum atomic E-state index is -0.547. The topological polar surface area (TPSA) is 74.3 Å². The summed E-state index contributed by atoms with van der Waals surface area (Å²) in [4.78, 5) is 32.9. The normalized spacial score (nSPS) is 26.8. The zero-order valence-electron chi connectivity index (χ0n) is 21.6. The third-order valence-electron chi connectivity index (χ3n) is 7.04. The van der Waals surface area contributed by atoms with Crippen LogP contribution in [0.25, 0.3) is 0 Å². The lowest BCUT2D eigenvalue weighted by atomic mass is 9.95. The van der Waals surface area contributed by atoms with Crippen LogP contribution < -0.4 is 5.32 Å². The average Bonchev–Trinajstić information content (AvgIpc) is 3.14. The van der Waals surface area contributed by atoms with Gasteiger partial charge in [-0.25, -0.2) is 0 Å². The molecule has 1 spiro atoms. The molecule has 3 rings (SSSR count). The van der Waals surface area contributed by atoms with Gasteiger partial charge >= 0.3 is 0 Å². The fraction of sp³-hybridized carbons (Fsp3) is 0.920. The van der Waals surface area contributed by atoms with Gasteiger partial charge < -0.3 is 29.5 Å². The number of carbonyl (C=O) groups excluding carboxylic acids is 2. The largest absolute Gasteiger partial charge is 0.347 e. The molecule has 33 heavy (non-hydrogen) atoms. The fourth-order valence-electron chi connectivity index (χ4n) is 5.23. The Morgan fingerprint density at radius 2 is 1.85 bits per heavy atom. The third kappa shape index (κ3) is 6.90. The monoisotopic (exact) mass is 466 g/mol. The molecule has 1 N–H and O–H groups in total. The van der Waals surface area contributed by atoms with E-state index in [-0.39, 0.29) is 30.0 Å². The van der Waals surface area contributed by atoms with Crippen molar-refractivity contribution in [1.29, 1.82) is 0 Å². The number of nitrogens with one attached hydrogen (secondary N) is 1. The van der Waals surface area contributed by atoms with Crippen LogP contribution in [0.15, 0.2) is 0 Å². The molecule has 0 aromatic carbocycles. The van der Waals surface area contributed by atoms with Crippen molar-refractivity contribution in [3.63, 3.8) is 0 Å². The second-order valence-electron chi connectivity index (χ2n) is 11.2. The van der Waals surface area contributed by atoms with E-state index in [9.17, 15) is 9.59 Å². The highest BCUT2D eigenvalue weighted by Crippen LogP contribution is 2.35. The van der Waals surface area contributed by atoms with Crippen LogP contribution in [0.1, 0.15) is 59.8 Å². The zero-order chi connectivity index (χ0) is 24.2. The second kappa shape index (κ2) is 11.5. The molecular formula is C25H46N4O4. The van der Waals surface area contributed by atoms with Gasteiger partial charge in [-0.2, -0.15) is 0 Å². The van der Waals surface area contributed by atoms with Gasteiger partial charge in [0.15, 0.2) is 5.79 Å². The summed E-state index contributed by atoms with van der Waals surface area (Å²) in [5.74, 6) is 0.374. The summed E-state index contributed by atoms with van der Waals surface area (Å²) >= 11 is 0. The van der Waals surface area contributed by atoms with Crippen molar-refractivity contribution >= 4 is 11.8 Å². The van der Waals surface area contributed by atoms with Crippen molar-refractivity contribution in [1.82, 2.24) is 20.0 Å². The first-order valence-corrected chi connectivity index (χ1v) is 12.9. The fourth-order valence-corrected chi connectivity index (χ4v) is 5.23. The number of carbonyl (C=O) groups is 2. The van der Waals surface area contributed by atoms with Crippen molar-refractivity contribution in [3.8, 4) is 0 Å². The number of nitrogens with zero attached hydrogens (tertiary/aromatic N) is 3. The van der Waals surface area contributed by atoms with Crippen molar-refractivity contribution < 1.29 is 19.1 Å². The van der Waals surface area contributed by atoms with E-state index in [1.54, 1.807) is 0 Å². The van der Waals surface area contributed by atoms with Crippen LogP contribution >= 0.6 is 0 Å². The van der Waals surface area contributed by atoms with Gasteiger partial charge in [-0.3, -0.25) is 9.59 Å². The van der Waals surface area contributed by atoms with Gasteiger partial charge in [0.25, 0.3) is 0 Å². The number of rotatable bonds is 9. The highest BCUT2D eigenvalue weighted by molar-refractivity contribution is 5.90. The standard InChI is InChI=1S/C25H46N4O4/c1-18(2)15-21-23(30)29(14-10-26-21)22(16-19(3)4)24(31)28-12-8-25(9-13-28)32-17-20(33-25)7-11-27(5)6/h18-22,26H,7-17H2,1-6H3/t20?,21-,22-/m0/s1. The van der Waals surface area contributed by atoms with Crippen molar-refractivity contribution in [2.24, 2.45) is 11.8 Å². The van der Waals surface area contributed by atoms with Crippen LogP contribution in [0, 0.1) is 11.8 Å². The molecule has 3 aliphatic rings. The summed E-state index contributed by atoms with van der Waals surface area (Å²) in [6.07, 6.45) is 3.96. The Bertz CT molecular complexity index is 661. The quantitative estimate of drug-likeness (QED) is 0.560. The Morgan fingerprint density at radius 3 is 2.45 bits per heavy atom. The first kappa shape index (κ1) is 26.4. The molecule has 8 heteroatoms. The van der Waals surface area contributed by atoms with Crippen LogP contribution in [-0.4, -0.2) is 104 Å². The molecule has 1 unspecified atom stereocenters. The predicted molar refractivity (Wildman–Crippen MR) is 129 cm³/mol. The molecule has 3 fully saturated rings. The summed E-state index contributed by atoms with van der Waals surface area (Å²) in [6, 6.07) is -0.577. The molecule has 190 valence electrons. The molecular weight excluding hydrogens is 420 g/mol. The minimum Gasteiger partial charge on any atom is -0.347 e. The van der Waals surface area contributed by atoms with Crippen molar-refractivity contribution in [2.45, 2.75) is 83.8 Å². The first-order valence-electron chi connectivity index (χ1n) is 12.9. The van der Waals surface area contributed by atoms with E-state index in [1.165, 1.54) is 0 Å². The number of piperidine rings is 1.